The molecular formula is C61H86N12O16. The van der Waals surface area contributed by atoms with Gasteiger partial charge in [-0.3, -0.25) is 0 Å². The molecule has 0 unspecified atom stereocenters. The highest BCUT2D eigenvalue weighted by Crippen LogP contribution is 2.26. The van der Waals surface area contributed by atoms with Gasteiger partial charge in [-0.2, -0.15) is 0 Å². The maximum Gasteiger partial charge on any atom is 0.437 e. The first-order valence-electron chi connectivity index (χ1n) is 29.3. The molecule has 3 aliphatic heterocycles. The van der Waals surface area contributed by atoms with Crippen LogP contribution in [-0.4, -0.2) is 186 Å². The molecule has 3 aromatic rings. The van der Waals surface area contributed by atoms with Crippen LogP contribution in [0.5, 0.6) is 0 Å². The highest BCUT2D eigenvalue weighted by atomic mass is 16.6. The fourth-order valence-electron chi connectivity index (χ4n) is 8.96. The molecule has 3 fully saturated rings. The van der Waals surface area contributed by atoms with E-state index in [-0.39, 0.29) is 109 Å². The number of anilines is 2. The third-order valence-corrected chi connectivity index (χ3v) is 13.1. The normalized spacial score (nSPS) is 17.8. The number of nitrogens with two attached hydrogens (primary N) is 2. The molecule has 3 heterocycles. The number of carbonyl (C=O) groups excluding carboxylic acids is 8. The zero-order chi connectivity index (χ0) is 65.4. The minimum Gasteiger partial charge on any atom is -0.447 e. The van der Waals surface area contributed by atoms with Crippen molar-refractivity contribution in [3.63, 3.8) is 0 Å². The van der Waals surface area contributed by atoms with Gasteiger partial charge in [0.1, 0.15) is 47.3 Å². The van der Waals surface area contributed by atoms with Crippen LogP contribution in [0, 0.1) is 0 Å². The van der Waals surface area contributed by atoms with Crippen molar-refractivity contribution < 1.29 is 76.3 Å². The Morgan fingerprint density at radius 3 is 1.33 bits per heavy atom. The Hall–Kier alpha value is -8.92. The van der Waals surface area contributed by atoms with Crippen LogP contribution in [0.4, 0.5) is 49.7 Å². The Bertz CT molecular complexity index is 2990. The second-order valence-electron chi connectivity index (χ2n) is 25.1. The van der Waals surface area contributed by atoms with E-state index in [1.54, 1.807) is 141 Å². The van der Waals surface area contributed by atoms with Gasteiger partial charge >= 0.3 is 48.6 Å². The lowest BCUT2D eigenvalue weighted by Gasteiger charge is -2.39. The van der Waals surface area contributed by atoms with Crippen molar-refractivity contribution in [1.82, 2.24) is 30.2 Å². The highest BCUT2D eigenvalue weighted by Gasteiger charge is 2.41. The van der Waals surface area contributed by atoms with Gasteiger partial charge in [-0.05, 0) is 124 Å². The predicted octanol–water partition coefficient (Wildman–Crippen LogP) is 8.04. The summed E-state index contributed by atoms with van der Waals surface area (Å²) in [5.41, 5.74) is 11.5. The predicted molar refractivity (Wildman–Crippen MR) is 328 cm³/mol. The number of aliphatic imine (C=N–C) groups is 2. The first kappa shape index (κ1) is 69.2. The number of amides is 10. The molecule has 28 nitrogen and oxygen atoms in total. The summed E-state index contributed by atoms with van der Waals surface area (Å²) in [6, 6.07) is 21.6. The van der Waals surface area contributed by atoms with Crippen LogP contribution in [0.3, 0.4) is 0 Å². The molecule has 0 bridgehead atoms. The average molecular weight is 1240 g/mol. The second kappa shape index (κ2) is 30.3. The monoisotopic (exact) mass is 1240 g/mol. The summed E-state index contributed by atoms with van der Waals surface area (Å²) >= 11 is 0. The van der Waals surface area contributed by atoms with E-state index in [1.165, 1.54) is 9.80 Å². The molecule has 3 aliphatic rings. The number of guanidine groups is 2. The van der Waals surface area contributed by atoms with Crippen molar-refractivity contribution in [3.8, 4) is 0 Å². The van der Waals surface area contributed by atoms with Gasteiger partial charge in [-0.1, -0.05) is 54.6 Å². The van der Waals surface area contributed by atoms with Gasteiger partial charge in [-0.15, -0.1) is 9.98 Å². The largest absolute Gasteiger partial charge is 0.447 e. The molecule has 0 saturated carbocycles. The van der Waals surface area contributed by atoms with Crippen LogP contribution >= 0.6 is 0 Å². The number of rotatable bonds is 12. The highest BCUT2D eigenvalue weighted by molar-refractivity contribution is 6.16. The van der Waals surface area contributed by atoms with Crippen LogP contribution < -0.4 is 31.9 Å². The Kier molecular flexibility index (Phi) is 23.6. The van der Waals surface area contributed by atoms with Gasteiger partial charge < -0.3 is 79.6 Å². The molecule has 6 N–H and O–H groups in total. The smallest absolute Gasteiger partial charge is 0.437 e. The molecule has 10 amide bonds. The van der Waals surface area contributed by atoms with Crippen molar-refractivity contribution in [2.45, 2.75) is 150 Å². The third kappa shape index (κ3) is 22.3. The van der Waals surface area contributed by atoms with Gasteiger partial charge in [0, 0.05) is 71.9 Å². The van der Waals surface area contributed by atoms with Crippen molar-refractivity contribution in [3.05, 3.63) is 95.6 Å². The van der Waals surface area contributed by atoms with Gasteiger partial charge in [0.05, 0.1) is 24.6 Å². The van der Waals surface area contributed by atoms with Gasteiger partial charge in [0.25, 0.3) is 0 Å². The summed E-state index contributed by atoms with van der Waals surface area (Å²) in [6.45, 7) is 22.0. The fraction of sp³-hybridized carbons (Fsp3) is 0.541. The lowest BCUT2D eigenvalue weighted by Crippen LogP contribution is -2.56. The summed E-state index contributed by atoms with van der Waals surface area (Å²) in [5.74, 6) is -0.928. The Morgan fingerprint density at radius 1 is 0.528 bits per heavy atom. The third-order valence-electron chi connectivity index (χ3n) is 13.1. The summed E-state index contributed by atoms with van der Waals surface area (Å²) in [5, 5.41) is 5.77. The lowest BCUT2D eigenvalue weighted by molar-refractivity contribution is -0.178. The van der Waals surface area contributed by atoms with Gasteiger partial charge in [0.2, 0.25) is 11.9 Å². The van der Waals surface area contributed by atoms with E-state index in [0.29, 0.717) is 17.5 Å². The van der Waals surface area contributed by atoms with Crippen molar-refractivity contribution in [1.29, 1.82) is 0 Å². The van der Waals surface area contributed by atoms with E-state index in [9.17, 15) is 38.4 Å². The summed E-state index contributed by atoms with van der Waals surface area (Å²) in [7, 11) is 0. The molecule has 3 atom stereocenters. The average Bonchev–Trinajstić information content (AvgIpc) is 2.33. The molecule has 3 aromatic carbocycles. The number of piperazine rings is 2. The maximum atomic E-state index is 13.8. The Labute approximate surface area is 519 Å². The van der Waals surface area contributed by atoms with E-state index in [0.717, 1.165) is 15.4 Å². The maximum absolute atomic E-state index is 13.8. The van der Waals surface area contributed by atoms with E-state index >= 15 is 0 Å². The lowest BCUT2D eigenvalue weighted by atomic mass is 10.0. The number of urea groups is 2. The molecule has 0 aliphatic carbocycles. The minimum absolute atomic E-state index is 0.119. The molecule has 0 aromatic heterocycles. The van der Waals surface area contributed by atoms with Crippen LogP contribution in [0.25, 0.3) is 0 Å². The summed E-state index contributed by atoms with van der Waals surface area (Å²) in [6.07, 6.45) is -7.07. The quantitative estimate of drug-likeness (QED) is 0.0757. The van der Waals surface area contributed by atoms with Crippen LogP contribution in [-0.2, 0) is 57.6 Å². The number of nitrogens with zero attached hydrogens (tertiary/aromatic N) is 8. The zero-order valence-electron chi connectivity index (χ0n) is 52.9. The fourth-order valence-corrected chi connectivity index (χ4v) is 8.96. The number of carbonyl (C=O) groups is 8. The first-order valence-corrected chi connectivity index (χ1v) is 29.3. The SMILES string of the molecule is CC(C)(C)OC(=O)N=C(N)N(C(=O)OC(C)(C)C)c1ccc(CNC(=O)N2CCN(C(=O)OC[C@H]3OCC[C@@H](OC(=O)N4CCN(C(=O)NCc5ccc(N(C(=O)OC(C)(C)C)C(N)=NC(=O)OC(C)(C)C)cc5)CC4)[C@@H]3OCc3ccccc3)CC2)cc1. The topological polar surface area (TPSA) is 331 Å². The van der Waals surface area contributed by atoms with E-state index in [1.807, 2.05) is 30.3 Å². The molecule has 0 radical (unpaired) electrons. The van der Waals surface area contributed by atoms with Gasteiger partial charge in [-0.25, -0.2) is 48.2 Å². The van der Waals surface area contributed by atoms with Crippen molar-refractivity contribution >= 4 is 71.9 Å². The molecule has 486 valence electrons. The molecule has 3 saturated heterocycles. The van der Waals surface area contributed by atoms with Crippen LogP contribution in [0.2, 0.25) is 0 Å². The number of hydrogen-bond donors (Lipinski definition) is 4. The number of hydrogen-bond acceptors (Lipinski definition) is 16. The number of ether oxygens (including phenoxy) is 8. The Morgan fingerprint density at radius 2 is 0.921 bits per heavy atom. The molecule has 6 rings (SSSR count). The molecular weight excluding hydrogens is 1160 g/mol. The van der Waals surface area contributed by atoms with Crippen LogP contribution in [0.15, 0.2) is 88.8 Å². The van der Waals surface area contributed by atoms with Crippen molar-refractivity contribution in [2.75, 3.05) is 75.4 Å². The van der Waals surface area contributed by atoms with E-state index < -0.39 is 89.2 Å². The van der Waals surface area contributed by atoms with Gasteiger partial charge in [0.15, 0.2) is 0 Å². The molecule has 89 heavy (non-hydrogen) atoms. The molecule has 28 heteroatoms. The number of nitrogens with one attached hydrogen (secondary N) is 2. The summed E-state index contributed by atoms with van der Waals surface area (Å²) < 4.78 is 46.0. The first-order chi connectivity index (χ1) is 41.7. The van der Waals surface area contributed by atoms with E-state index in [4.69, 9.17) is 49.4 Å². The zero-order valence-corrected chi connectivity index (χ0v) is 52.9. The van der Waals surface area contributed by atoms with Crippen LogP contribution in [0.1, 0.15) is 106 Å². The second-order valence-corrected chi connectivity index (χ2v) is 25.1. The molecule has 0 spiro atoms. The minimum atomic E-state index is -0.990. The Balaban J connectivity index is 0.975. The van der Waals surface area contributed by atoms with Crippen molar-refractivity contribution in [2.24, 2.45) is 21.5 Å². The number of benzene rings is 3. The summed E-state index contributed by atoms with van der Waals surface area (Å²) in [4.78, 5) is 121. The van der Waals surface area contributed by atoms with E-state index in [2.05, 4.69) is 20.6 Å². The standard InChI is InChI=1S/C61H86N12O16/c1-58(2,3)86-52(76)66-48(62)72(56(80)88-60(7,8)9)43-22-18-40(19-23-43)36-64-50(74)68-27-31-70(32-28-68)54(78)84-39-46-47(83-38-42-16-14-13-15-17-42)45(26-35-82-46)85-55(79)71-33-29-69(30-34-71)51(75)65-37-41-20-24-44(25-21-41)73(57(81)89-61(10,11)12)49(63)67-53(77)87-59(4,5)6/h13-25,45-47H,26-39H2,1-12H3,(H,64,74)(H,65,75)(H2,62,66,76)(H2,63,67,77)/t45-,46-,47+/m1/s1.